The van der Waals surface area contributed by atoms with Crippen LogP contribution in [0.4, 0.5) is 4.79 Å². The number of nitrogens with one attached hydrogen (secondary N) is 2. The predicted molar refractivity (Wildman–Crippen MR) is 214 cm³/mol. The zero-order valence-corrected chi connectivity index (χ0v) is 34.5. The minimum Gasteiger partial charge on any atom is -0.379 e. The van der Waals surface area contributed by atoms with Crippen LogP contribution in [-0.2, 0) is 18.9 Å². The van der Waals surface area contributed by atoms with Crippen LogP contribution in [0.2, 0.25) is 0 Å². The van der Waals surface area contributed by atoms with Crippen LogP contribution in [0.25, 0.3) is 0 Å². The van der Waals surface area contributed by atoms with Gasteiger partial charge in [0.25, 0.3) is 0 Å². The molecule has 0 aliphatic rings. The highest BCUT2D eigenvalue weighted by Crippen LogP contribution is 2.13. The Labute approximate surface area is 312 Å². The van der Waals surface area contributed by atoms with Gasteiger partial charge in [-0.25, -0.2) is 4.79 Å². The van der Waals surface area contributed by atoms with Gasteiger partial charge in [0.05, 0.1) is 50.7 Å². The van der Waals surface area contributed by atoms with Crippen LogP contribution in [0.15, 0.2) is 0 Å². The van der Waals surface area contributed by atoms with Crippen molar-refractivity contribution in [3.05, 3.63) is 0 Å². The monoisotopic (exact) mass is 713 g/mol. The number of ether oxygens (including phenoxy) is 4. The van der Waals surface area contributed by atoms with Crippen LogP contribution in [0.5, 0.6) is 0 Å². The molecule has 0 aromatic heterocycles. The quantitative estimate of drug-likeness (QED) is 0.0618. The lowest BCUT2D eigenvalue weighted by Crippen LogP contribution is -2.49. The summed E-state index contributed by atoms with van der Waals surface area (Å²) >= 11 is 0. The number of unbranched alkanes of at least 4 members (excludes halogenated alkanes) is 20. The van der Waals surface area contributed by atoms with E-state index in [4.69, 9.17) is 18.9 Å². The Balaban J connectivity index is 4.01. The molecule has 2 N–H and O–H groups in total. The van der Waals surface area contributed by atoms with E-state index >= 15 is 0 Å². The number of rotatable bonds is 40. The first kappa shape index (κ1) is 49.1. The number of urea groups is 1. The van der Waals surface area contributed by atoms with Crippen molar-refractivity contribution in [2.24, 2.45) is 0 Å². The molecule has 0 saturated carbocycles. The van der Waals surface area contributed by atoms with Gasteiger partial charge in [0.1, 0.15) is 0 Å². The highest BCUT2D eigenvalue weighted by molar-refractivity contribution is 5.74. The van der Waals surface area contributed by atoms with Gasteiger partial charge >= 0.3 is 6.03 Å². The molecule has 0 radical (unpaired) electrons. The van der Waals surface area contributed by atoms with E-state index in [2.05, 4.69) is 52.2 Å². The molecule has 0 fully saturated rings. The minimum absolute atomic E-state index is 0.0403. The van der Waals surface area contributed by atoms with Crippen molar-refractivity contribution >= 4 is 6.03 Å². The molecule has 4 atom stereocenters. The maximum atomic E-state index is 12.8. The molecule has 7 heteroatoms. The van der Waals surface area contributed by atoms with E-state index in [-0.39, 0.29) is 30.3 Å². The van der Waals surface area contributed by atoms with E-state index in [9.17, 15) is 4.79 Å². The third-order valence-corrected chi connectivity index (χ3v) is 10.0. The summed E-state index contributed by atoms with van der Waals surface area (Å²) in [5.74, 6) is 0. The van der Waals surface area contributed by atoms with Crippen LogP contribution in [0.3, 0.4) is 0 Å². The molecule has 7 nitrogen and oxygen atoms in total. The summed E-state index contributed by atoms with van der Waals surface area (Å²) in [5.41, 5.74) is 0. The molecule has 0 bridgehead atoms. The second-order valence-corrected chi connectivity index (χ2v) is 14.8. The molecule has 0 aromatic rings. The van der Waals surface area contributed by atoms with Gasteiger partial charge in [-0.2, -0.15) is 0 Å². The maximum absolute atomic E-state index is 12.8. The molecule has 300 valence electrons. The number of amides is 2. The van der Waals surface area contributed by atoms with Crippen LogP contribution in [0, 0.1) is 0 Å². The highest BCUT2D eigenvalue weighted by Gasteiger charge is 2.18. The van der Waals surface area contributed by atoms with Gasteiger partial charge in [-0.3, -0.25) is 0 Å². The van der Waals surface area contributed by atoms with E-state index in [1.807, 2.05) is 0 Å². The van der Waals surface area contributed by atoms with Crippen molar-refractivity contribution in [1.82, 2.24) is 10.6 Å². The molecular formula is C43H88N2O5. The summed E-state index contributed by atoms with van der Waals surface area (Å²) in [5, 5.41) is 6.23. The fraction of sp³-hybridized carbons (Fsp3) is 0.977. The Kier molecular flexibility index (Phi) is 38.6. The molecule has 0 heterocycles. The fourth-order valence-corrected chi connectivity index (χ4v) is 6.17. The van der Waals surface area contributed by atoms with Crippen molar-refractivity contribution in [2.45, 2.75) is 233 Å². The second kappa shape index (κ2) is 39.3. The van der Waals surface area contributed by atoms with Crippen molar-refractivity contribution in [3.63, 3.8) is 0 Å². The standard InChI is InChI=1S/C43H88N2O5/c1-7-13-15-17-19-21-23-25-27-29-31-33-47-37-41(11-5)49-35-39(9-3)44-43(46)45-40(10-4)36-50-42(12-6)38-48-34-32-30-28-26-24-22-20-18-16-14-8-2/h39-42H,7-38H2,1-6H3,(H2,44,45,46). The summed E-state index contributed by atoms with van der Waals surface area (Å²) in [6.07, 6.45) is 33.1. The molecule has 0 aliphatic carbocycles. The summed E-state index contributed by atoms with van der Waals surface area (Å²) < 4.78 is 24.3. The average molecular weight is 713 g/mol. The molecule has 0 rings (SSSR count). The van der Waals surface area contributed by atoms with Crippen LogP contribution < -0.4 is 10.6 Å². The van der Waals surface area contributed by atoms with E-state index < -0.39 is 0 Å². The van der Waals surface area contributed by atoms with Crippen molar-refractivity contribution in [1.29, 1.82) is 0 Å². The zero-order chi connectivity index (χ0) is 36.8. The van der Waals surface area contributed by atoms with Gasteiger partial charge in [-0.15, -0.1) is 0 Å². The zero-order valence-electron chi connectivity index (χ0n) is 34.5. The van der Waals surface area contributed by atoms with Gasteiger partial charge in [-0.05, 0) is 38.5 Å². The van der Waals surface area contributed by atoms with Gasteiger partial charge < -0.3 is 29.6 Å². The van der Waals surface area contributed by atoms with Crippen LogP contribution in [0.1, 0.15) is 208 Å². The Morgan fingerprint density at radius 3 is 0.980 bits per heavy atom. The SMILES string of the molecule is CCCCCCCCCCCCCOCC(CC)OCC(CC)NC(=O)NC(CC)COC(CC)COCCCCCCCCCCCCC. The lowest BCUT2D eigenvalue weighted by molar-refractivity contribution is -0.0271. The van der Waals surface area contributed by atoms with Crippen molar-refractivity contribution in [3.8, 4) is 0 Å². The first-order valence-electron chi connectivity index (χ1n) is 22.0. The first-order valence-corrected chi connectivity index (χ1v) is 22.0. The summed E-state index contributed by atoms with van der Waals surface area (Å²) in [4.78, 5) is 12.8. The van der Waals surface area contributed by atoms with Crippen molar-refractivity contribution in [2.75, 3.05) is 39.6 Å². The van der Waals surface area contributed by atoms with Crippen LogP contribution >= 0.6 is 0 Å². The molecule has 0 aliphatic heterocycles. The van der Waals surface area contributed by atoms with E-state index in [0.29, 0.717) is 26.4 Å². The average Bonchev–Trinajstić information content (AvgIpc) is 3.13. The number of hydrogen-bond acceptors (Lipinski definition) is 5. The Bertz CT molecular complexity index is 628. The van der Waals surface area contributed by atoms with Crippen molar-refractivity contribution < 1.29 is 23.7 Å². The highest BCUT2D eigenvalue weighted by atomic mass is 16.5. The maximum Gasteiger partial charge on any atom is 0.315 e. The van der Waals surface area contributed by atoms with Gasteiger partial charge in [-0.1, -0.05) is 170 Å². The van der Waals surface area contributed by atoms with Crippen LogP contribution in [-0.4, -0.2) is 70.0 Å². The molecule has 0 aromatic carbocycles. The molecule has 50 heavy (non-hydrogen) atoms. The van der Waals surface area contributed by atoms with E-state index in [0.717, 1.165) is 51.7 Å². The summed E-state index contributed by atoms with van der Waals surface area (Å²) in [7, 11) is 0. The largest absolute Gasteiger partial charge is 0.379 e. The molecule has 2 amide bonds. The molecular weight excluding hydrogens is 624 g/mol. The Morgan fingerprint density at radius 1 is 0.400 bits per heavy atom. The van der Waals surface area contributed by atoms with Gasteiger partial charge in [0.2, 0.25) is 0 Å². The summed E-state index contributed by atoms with van der Waals surface area (Å²) in [6.45, 7) is 16.8. The molecule has 4 unspecified atom stereocenters. The van der Waals surface area contributed by atoms with Gasteiger partial charge in [0.15, 0.2) is 0 Å². The summed E-state index contributed by atoms with van der Waals surface area (Å²) in [6, 6.07) is -0.236. The lowest BCUT2D eigenvalue weighted by atomic mass is 10.1. The third-order valence-electron chi connectivity index (χ3n) is 10.0. The van der Waals surface area contributed by atoms with Gasteiger partial charge in [0, 0.05) is 13.2 Å². The lowest BCUT2D eigenvalue weighted by Gasteiger charge is -2.25. The molecule has 0 saturated heterocycles. The Hall–Kier alpha value is -0.890. The fourth-order valence-electron chi connectivity index (χ4n) is 6.17. The smallest absolute Gasteiger partial charge is 0.315 e. The minimum atomic E-state index is -0.155. The second-order valence-electron chi connectivity index (χ2n) is 14.8. The number of carbonyl (C=O) groups is 1. The predicted octanol–water partition coefficient (Wildman–Crippen LogP) is 12.1. The topological polar surface area (TPSA) is 78.1 Å². The van der Waals surface area contributed by atoms with E-state index in [1.165, 1.54) is 128 Å². The Morgan fingerprint density at radius 2 is 0.700 bits per heavy atom. The number of hydrogen-bond donors (Lipinski definition) is 2. The molecule has 0 spiro atoms. The normalized spacial score (nSPS) is 14.0. The van der Waals surface area contributed by atoms with E-state index in [1.54, 1.807) is 0 Å². The third kappa shape index (κ3) is 33.0. The number of carbonyl (C=O) groups excluding carboxylic acids is 1. The first-order chi connectivity index (χ1) is 24.5.